The Bertz CT molecular complexity index is 125. The summed E-state index contributed by atoms with van der Waals surface area (Å²) in [6.45, 7) is 10.8. The molecule has 1 rings (SSSR count). The van der Waals surface area contributed by atoms with Crippen LogP contribution in [0.25, 0.3) is 0 Å². The van der Waals surface area contributed by atoms with Gasteiger partial charge in [0, 0.05) is 13.7 Å². The highest BCUT2D eigenvalue weighted by molar-refractivity contribution is 4.64. The summed E-state index contributed by atoms with van der Waals surface area (Å²) in [6, 6.07) is 0. The molecule has 0 aromatic carbocycles. The Morgan fingerprint density at radius 1 is 1.06 bits per heavy atom. The van der Waals surface area contributed by atoms with Crippen molar-refractivity contribution < 1.29 is 4.74 Å². The number of hydrogen-bond donors (Lipinski definition) is 1. The second-order valence-electron chi connectivity index (χ2n) is 4.00. The van der Waals surface area contributed by atoms with E-state index in [1.165, 1.54) is 45.3 Å². The van der Waals surface area contributed by atoms with Gasteiger partial charge in [-0.05, 0) is 45.4 Å². The second kappa shape index (κ2) is 12.9. The lowest BCUT2D eigenvalue weighted by molar-refractivity contribution is 0.196. The van der Waals surface area contributed by atoms with Crippen molar-refractivity contribution in [3.8, 4) is 0 Å². The summed E-state index contributed by atoms with van der Waals surface area (Å²) in [5.41, 5.74) is 0. The van der Waals surface area contributed by atoms with Crippen LogP contribution in [0.3, 0.4) is 0 Å². The molecule has 0 aliphatic carbocycles. The number of likely N-dealkylation sites (tertiary alicyclic amines) is 1. The zero-order valence-electron chi connectivity index (χ0n) is 11.4. The van der Waals surface area contributed by atoms with Crippen molar-refractivity contribution in [2.75, 3.05) is 46.4 Å². The zero-order valence-corrected chi connectivity index (χ0v) is 11.4. The SMILES string of the molecule is CC.COCCNCCCN1CCCCC1. The van der Waals surface area contributed by atoms with Gasteiger partial charge >= 0.3 is 0 Å². The van der Waals surface area contributed by atoms with Crippen LogP contribution in [0.15, 0.2) is 0 Å². The van der Waals surface area contributed by atoms with E-state index in [1.54, 1.807) is 7.11 Å². The minimum absolute atomic E-state index is 0.823. The fourth-order valence-electron chi connectivity index (χ4n) is 1.91. The van der Waals surface area contributed by atoms with Crippen molar-refractivity contribution in [2.45, 2.75) is 39.5 Å². The van der Waals surface area contributed by atoms with Gasteiger partial charge in [-0.1, -0.05) is 20.3 Å². The summed E-state index contributed by atoms with van der Waals surface area (Å²) in [4.78, 5) is 2.58. The Morgan fingerprint density at radius 2 is 1.75 bits per heavy atom. The predicted octanol–water partition coefficient (Wildman–Crippen LogP) is 2.12. The molecule has 0 spiro atoms. The van der Waals surface area contributed by atoms with Crippen LogP contribution in [-0.4, -0.2) is 51.3 Å². The lowest BCUT2D eigenvalue weighted by Gasteiger charge is -2.26. The molecular formula is C13H30N2O. The monoisotopic (exact) mass is 230 g/mol. The van der Waals surface area contributed by atoms with Gasteiger partial charge in [0.05, 0.1) is 6.61 Å². The summed E-state index contributed by atoms with van der Waals surface area (Å²) >= 11 is 0. The van der Waals surface area contributed by atoms with Gasteiger partial charge in [-0.25, -0.2) is 0 Å². The van der Waals surface area contributed by atoms with E-state index in [1.807, 2.05) is 13.8 Å². The normalized spacial score (nSPS) is 16.7. The van der Waals surface area contributed by atoms with Crippen LogP contribution in [0.2, 0.25) is 0 Å². The molecule has 1 heterocycles. The Hall–Kier alpha value is -0.120. The summed E-state index contributed by atoms with van der Waals surface area (Å²) in [7, 11) is 1.75. The van der Waals surface area contributed by atoms with Gasteiger partial charge in [0.25, 0.3) is 0 Å². The lowest BCUT2D eigenvalue weighted by Crippen LogP contribution is -2.32. The van der Waals surface area contributed by atoms with Crippen LogP contribution in [-0.2, 0) is 4.74 Å². The van der Waals surface area contributed by atoms with Crippen LogP contribution in [0.1, 0.15) is 39.5 Å². The largest absolute Gasteiger partial charge is 0.383 e. The molecule has 0 atom stereocenters. The molecule has 1 aliphatic heterocycles. The minimum Gasteiger partial charge on any atom is -0.383 e. The number of rotatable bonds is 7. The molecule has 0 saturated carbocycles. The summed E-state index contributed by atoms with van der Waals surface area (Å²) in [6.07, 6.45) is 5.50. The number of methoxy groups -OCH3 is 1. The third-order valence-corrected chi connectivity index (χ3v) is 2.76. The van der Waals surface area contributed by atoms with E-state index < -0.39 is 0 Å². The van der Waals surface area contributed by atoms with Crippen LogP contribution in [0, 0.1) is 0 Å². The molecule has 3 nitrogen and oxygen atoms in total. The average Bonchev–Trinajstić information content (AvgIpc) is 2.37. The molecule has 0 aromatic rings. The van der Waals surface area contributed by atoms with Crippen molar-refractivity contribution in [2.24, 2.45) is 0 Å². The number of nitrogens with one attached hydrogen (secondary N) is 1. The first kappa shape index (κ1) is 15.9. The summed E-state index contributed by atoms with van der Waals surface area (Å²) in [5.74, 6) is 0. The molecule has 98 valence electrons. The highest BCUT2D eigenvalue weighted by Gasteiger charge is 2.08. The van der Waals surface area contributed by atoms with Crippen LogP contribution in [0.4, 0.5) is 0 Å². The van der Waals surface area contributed by atoms with E-state index >= 15 is 0 Å². The average molecular weight is 230 g/mol. The van der Waals surface area contributed by atoms with Crippen molar-refractivity contribution >= 4 is 0 Å². The van der Waals surface area contributed by atoms with Crippen LogP contribution in [0.5, 0.6) is 0 Å². The van der Waals surface area contributed by atoms with Gasteiger partial charge in [0.15, 0.2) is 0 Å². The maximum atomic E-state index is 4.97. The maximum Gasteiger partial charge on any atom is 0.0587 e. The first-order chi connectivity index (χ1) is 7.93. The molecule has 16 heavy (non-hydrogen) atoms. The molecular weight excluding hydrogens is 200 g/mol. The molecule has 1 fully saturated rings. The van der Waals surface area contributed by atoms with Gasteiger partial charge in [0.1, 0.15) is 0 Å². The van der Waals surface area contributed by atoms with Gasteiger partial charge in [-0.2, -0.15) is 0 Å². The molecule has 1 N–H and O–H groups in total. The number of hydrogen-bond acceptors (Lipinski definition) is 3. The second-order valence-corrected chi connectivity index (χ2v) is 4.00. The van der Waals surface area contributed by atoms with Gasteiger partial charge < -0.3 is 15.0 Å². The third kappa shape index (κ3) is 9.13. The van der Waals surface area contributed by atoms with E-state index in [0.717, 1.165) is 19.7 Å². The molecule has 1 aliphatic rings. The summed E-state index contributed by atoms with van der Waals surface area (Å²) in [5, 5.41) is 3.37. The molecule has 0 bridgehead atoms. The van der Waals surface area contributed by atoms with E-state index in [-0.39, 0.29) is 0 Å². The number of nitrogens with zero attached hydrogens (tertiary/aromatic N) is 1. The van der Waals surface area contributed by atoms with Crippen LogP contribution < -0.4 is 5.32 Å². The van der Waals surface area contributed by atoms with Crippen molar-refractivity contribution in [1.82, 2.24) is 10.2 Å². The molecule has 3 heteroatoms. The zero-order chi connectivity index (χ0) is 12.1. The standard InChI is InChI=1S/C11H24N2O.C2H6/c1-14-11-7-12-6-5-10-13-8-3-2-4-9-13;1-2/h12H,2-11H2,1H3;1-2H3. The van der Waals surface area contributed by atoms with Crippen molar-refractivity contribution in [3.63, 3.8) is 0 Å². The Morgan fingerprint density at radius 3 is 2.38 bits per heavy atom. The molecule has 1 saturated heterocycles. The topological polar surface area (TPSA) is 24.5 Å². The summed E-state index contributed by atoms with van der Waals surface area (Å²) < 4.78 is 4.97. The first-order valence-corrected chi connectivity index (χ1v) is 6.85. The Labute approximate surface area is 102 Å². The fourth-order valence-corrected chi connectivity index (χ4v) is 1.91. The van der Waals surface area contributed by atoms with Gasteiger partial charge in [0.2, 0.25) is 0 Å². The lowest BCUT2D eigenvalue weighted by atomic mass is 10.1. The molecule has 0 unspecified atom stereocenters. The highest BCUT2D eigenvalue weighted by Crippen LogP contribution is 2.08. The number of piperidine rings is 1. The van der Waals surface area contributed by atoms with E-state index in [4.69, 9.17) is 4.74 Å². The quantitative estimate of drug-likeness (QED) is 0.678. The van der Waals surface area contributed by atoms with Crippen molar-refractivity contribution in [3.05, 3.63) is 0 Å². The Kier molecular flexibility index (Phi) is 12.9. The minimum atomic E-state index is 0.823. The first-order valence-electron chi connectivity index (χ1n) is 6.85. The Balaban J connectivity index is 0.00000106. The smallest absolute Gasteiger partial charge is 0.0587 e. The van der Waals surface area contributed by atoms with Crippen LogP contribution >= 0.6 is 0 Å². The van der Waals surface area contributed by atoms with E-state index in [2.05, 4.69) is 10.2 Å². The van der Waals surface area contributed by atoms with Crippen molar-refractivity contribution in [1.29, 1.82) is 0 Å². The molecule has 0 amide bonds. The van der Waals surface area contributed by atoms with Gasteiger partial charge in [-0.3, -0.25) is 0 Å². The third-order valence-electron chi connectivity index (χ3n) is 2.76. The fraction of sp³-hybridized carbons (Fsp3) is 1.00. The molecule has 0 radical (unpaired) electrons. The highest BCUT2D eigenvalue weighted by atomic mass is 16.5. The van der Waals surface area contributed by atoms with Gasteiger partial charge in [-0.15, -0.1) is 0 Å². The predicted molar refractivity (Wildman–Crippen MR) is 71.0 cm³/mol. The maximum absolute atomic E-state index is 4.97. The molecule has 0 aromatic heterocycles. The van der Waals surface area contributed by atoms with E-state index in [9.17, 15) is 0 Å². The van der Waals surface area contributed by atoms with E-state index in [0.29, 0.717) is 0 Å². The number of ether oxygens (including phenoxy) is 1.